The highest BCUT2D eigenvalue weighted by Crippen LogP contribution is 2.43. The molecule has 3 fully saturated rings. The highest BCUT2D eigenvalue weighted by molar-refractivity contribution is 6.38. The monoisotopic (exact) mass is 655 g/mol. The van der Waals surface area contributed by atoms with Gasteiger partial charge in [0, 0.05) is 32.1 Å². The summed E-state index contributed by atoms with van der Waals surface area (Å²) in [5, 5.41) is 11.0. The van der Waals surface area contributed by atoms with Crippen molar-refractivity contribution in [2.75, 3.05) is 13.7 Å². The van der Waals surface area contributed by atoms with Crippen LogP contribution in [-0.2, 0) is 28.7 Å². The van der Waals surface area contributed by atoms with E-state index in [-0.39, 0.29) is 30.0 Å². The SMILES string of the molecule is CCC[C@H](NC(=O)[C@@H]1[C@H]2CCC[C@H]2CN1C(=O)[C@@H](NC(=O)[C@@H](NC(=O)c1cnccn1)[C@@H](C)OC)C(C)(C)C)C(=O)C(=O)NC1CC1. The van der Waals surface area contributed by atoms with Crippen molar-refractivity contribution in [3.63, 3.8) is 0 Å². The van der Waals surface area contributed by atoms with Gasteiger partial charge in [0.2, 0.25) is 23.5 Å². The lowest BCUT2D eigenvalue weighted by atomic mass is 9.85. The topological polar surface area (TPSA) is 189 Å². The number of Topliss-reactive ketones (excluding diaryl/α,β-unsaturated/α-hetero) is 1. The second-order valence-electron chi connectivity index (χ2n) is 14.0. The molecule has 0 radical (unpaired) electrons. The molecule has 0 bridgehead atoms. The molecule has 4 rings (SSSR count). The number of carbonyl (C=O) groups is 6. The average molecular weight is 656 g/mol. The van der Waals surface area contributed by atoms with Crippen LogP contribution >= 0.6 is 0 Å². The lowest BCUT2D eigenvalue weighted by Crippen LogP contribution is -2.62. The number of amides is 5. The Labute approximate surface area is 275 Å². The number of nitrogens with one attached hydrogen (secondary N) is 4. The molecule has 7 atom stereocenters. The lowest BCUT2D eigenvalue weighted by molar-refractivity contribution is -0.146. The van der Waals surface area contributed by atoms with E-state index in [0.29, 0.717) is 13.0 Å². The smallest absolute Gasteiger partial charge is 0.289 e. The second kappa shape index (κ2) is 15.3. The van der Waals surface area contributed by atoms with Crippen LogP contribution in [0.2, 0.25) is 0 Å². The Kier molecular flexibility index (Phi) is 11.7. The lowest BCUT2D eigenvalue weighted by Gasteiger charge is -2.37. The first-order valence-corrected chi connectivity index (χ1v) is 16.6. The number of fused-ring (bicyclic) bond motifs is 1. The van der Waals surface area contributed by atoms with E-state index in [1.807, 2.05) is 27.7 Å². The van der Waals surface area contributed by atoms with Gasteiger partial charge in [0.25, 0.3) is 11.8 Å². The Balaban J connectivity index is 1.55. The Morgan fingerprint density at radius 2 is 1.74 bits per heavy atom. The van der Waals surface area contributed by atoms with Gasteiger partial charge in [-0.3, -0.25) is 33.8 Å². The van der Waals surface area contributed by atoms with Gasteiger partial charge in [-0.2, -0.15) is 0 Å². The standard InChI is InChI=1S/C33H49N7O7/c1-7-9-22(26(41)31(45)36-20-12-13-20)37-30(44)25-21-11-8-10-19(21)17-40(25)32(46)27(33(3,4)5)39-29(43)24(18(2)47-6)38-28(42)23-16-34-14-15-35-23/h14-16,18-22,24-25,27H,7-13,17H2,1-6H3,(H,36,45)(H,37,44)(H,38,42)(H,39,43)/t18-,19+,21+,22+,24+,25+,27-/m1/s1. The molecule has 0 aromatic carbocycles. The van der Waals surface area contributed by atoms with Crippen LogP contribution in [0.5, 0.6) is 0 Å². The molecule has 1 aliphatic heterocycles. The Bertz CT molecular complexity index is 1330. The molecule has 2 aliphatic carbocycles. The predicted molar refractivity (Wildman–Crippen MR) is 170 cm³/mol. The van der Waals surface area contributed by atoms with E-state index in [9.17, 15) is 28.8 Å². The molecule has 14 nitrogen and oxygen atoms in total. The number of ketones is 1. The maximum absolute atomic E-state index is 14.4. The van der Waals surface area contributed by atoms with Crippen LogP contribution in [0.3, 0.4) is 0 Å². The third-order valence-corrected chi connectivity index (χ3v) is 9.39. The zero-order valence-corrected chi connectivity index (χ0v) is 28.2. The second-order valence-corrected chi connectivity index (χ2v) is 14.0. The van der Waals surface area contributed by atoms with Gasteiger partial charge in [0.05, 0.1) is 18.3 Å². The zero-order chi connectivity index (χ0) is 34.5. The molecule has 2 heterocycles. The number of nitrogens with zero attached hydrogens (tertiary/aromatic N) is 3. The summed E-state index contributed by atoms with van der Waals surface area (Å²) < 4.78 is 5.40. The van der Waals surface area contributed by atoms with E-state index < -0.39 is 71.0 Å². The number of likely N-dealkylation sites (tertiary alicyclic amines) is 1. The number of rotatable bonds is 14. The predicted octanol–water partition coefficient (Wildman–Crippen LogP) is 0.901. The van der Waals surface area contributed by atoms with Crippen molar-refractivity contribution in [2.24, 2.45) is 17.3 Å². The van der Waals surface area contributed by atoms with Gasteiger partial charge in [-0.15, -0.1) is 0 Å². The van der Waals surface area contributed by atoms with Crippen molar-refractivity contribution in [3.05, 3.63) is 24.3 Å². The van der Waals surface area contributed by atoms with E-state index in [1.165, 1.54) is 30.6 Å². The van der Waals surface area contributed by atoms with Gasteiger partial charge in [0.1, 0.15) is 23.8 Å². The minimum absolute atomic E-state index is 0.00275. The van der Waals surface area contributed by atoms with Crippen molar-refractivity contribution in [2.45, 2.75) is 116 Å². The molecule has 3 aliphatic rings. The summed E-state index contributed by atoms with van der Waals surface area (Å²) in [6.07, 6.45) is 8.33. The number of ether oxygens (including phenoxy) is 1. The summed E-state index contributed by atoms with van der Waals surface area (Å²) in [5.41, 5.74) is -0.776. The fourth-order valence-corrected chi connectivity index (χ4v) is 6.54. The molecule has 258 valence electrons. The van der Waals surface area contributed by atoms with Crippen LogP contribution in [0.25, 0.3) is 0 Å². The quantitative estimate of drug-likeness (QED) is 0.211. The molecule has 1 aromatic heterocycles. The summed E-state index contributed by atoms with van der Waals surface area (Å²) in [6, 6.07) is -4.10. The Morgan fingerprint density at radius 3 is 2.34 bits per heavy atom. The van der Waals surface area contributed by atoms with Crippen molar-refractivity contribution >= 4 is 35.3 Å². The molecule has 2 saturated carbocycles. The third-order valence-electron chi connectivity index (χ3n) is 9.39. The van der Waals surface area contributed by atoms with Gasteiger partial charge in [-0.1, -0.05) is 40.5 Å². The zero-order valence-electron chi connectivity index (χ0n) is 28.2. The van der Waals surface area contributed by atoms with Gasteiger partial charge >= 0.3 is 0 Å². The first-order valence-electron chi connectivity index (χ1n) is 16.6. The molecular weight excluding hydrogens is 606 g/mol. The van der Waals surface area contributed by atoms with Crippen LogP contribution in [0.15, 0.2) is 18.6 Å². The number of methoxy groups -OCH3 is 1. The molecule has 0 unspecified atom stereocenters. The van der Waals surface area contributed by atoms with E-state index in [0.717, 1.165) is 32.1 Å². The minimum atomic E-state index is -1.17. The highest BCUT2D eigenvalue weighted by Gasteiger charge is 2.52. The number of carbonyl (C=O) groups excluding carboxylic acids is 6. The minimum Gasteiger partial charge on any atom is -0.379 e. The molecule has 0 spiro atoms. The van der Waals surface area contributed by atoms with Crippen LogP contribution in [-0.4, -0.2) is 100 Å². The molecule has 14 heteroatoms. The number of aromatic nitrogens is 2. The number of hydrogen-bond acceptors (Lipinski definition) is 9. The Morgan fingerprint density at radius 1 is 1.02 bits per heavy atom. The van der Waals surface area contributed by atoms with Crippen molar-refractivity contribution in [3.8, 4) is 0 Å². The first-order chi connectivity index (χ1) is 22.3. The fourth-order valence-electron chi connectivity index (χ4n) is 6.54. The molecule has 47 heavy (non-hydrogen) atoms. The summed E-state index contributed by atoms with van der Waals surface area (Å²) in [5.74, 6) is -3.59. The molecule has 5 amide bonds. The van der Waals surface area contributed by atoms with Crippen molar-refractivity contribution in [1.29, 1.82) is 0 Å². The maximum Gasteiger partial charge on any atom is 0.289 e. The molecular formula is C33H49N7O7. The third kappa shape index (κ3) is 8.70. The van der Waals surface area contributed by atoms with Crippen LogP contribution in [0.4, 0.5) is 0 Å². The van der Waals surface area contributed by atoms with E-state index in [4.69, 9.17) is 4.74 Å². The number of hydrogen-bond donors (Lipinski definition) is 4. The van der Waals surface area contributed by atoms with E-state index >= 15 is 0 Å². The average Bonchev–Trinajstić information content (AvgIpc) is 3.61. The summed E-state index contributed by atoms with van der Waals surface area (Å²) in [6.45, 7) is 9.25. The largest absolute Gasteiger partial charge is 0.379 e. The fraction of sp³-hybridized carbons (Fsp3) is 0.697. The van der Waals surface area contributed by atoms with Crippen LogP contribution in [0, 0.1) is 17.3 Å². The maximum atomic E-state index is 14.4. The van der Waals surface area contributed by atoms with Gasteiger partial charge in [-0.05, 0) is 56.3 Å². The normalized spacial score (nSPS) is 23.1. The highest BCUT2D eigenvalue weighted by atomic mass is 16.5. The summed E-state index contributed by atoms with van der Waals surface area (Å²) in [7, 11) is 1.41. The summed E-state index contributed by atoms with van der Waals surface area (Å²) in [4.78, 5) is 90.1. The van der Waals surface area contributed by atoms with Crippen LogP contribution < -0.4 is 21.3 Å². The van der Waals surface area contributed by atoms with Crippen molar-refractivity contribution in [1.82, 2.24) is 36.1 Å². The van der Waals surface area contributed by atoms with Crippen LogP contribution in [0.1, 0.15) is 90.1 Å². The van der Waals surface area contributed by atoms with Crippen molar-refractivity contribution < 1.29 is 33.5 Å². The van der Waals surface area contributed by atoms with Gasteiger partial charge < -0.3 is 30.9 Å². The van der Waals surface area contributed by atoms with E-state index in [1.54, 1.807) is 6.92 Å². The Hall–Kier alpha value is -3.94. The molecule has 4 N–H and O–H groups in total. The van der Waals surface area contributed by atoms with Gasteiger partial charge in [0.15, 0.2) is 0 Å². The molecule has 1 aromatic rings. The van der Waals surface area contributed by atoms with E-state index in [2.05, 4.69) is 31.2 Å². The summed E-state index contributed by atoms with van der Waals surface area (Å²) >= 11 is 0. The molecule has 1 saturated heterocycles. The van der Waals surface area contributed by atoms with Gasteiger partial charge in [-0.25, -0.2) is 4.98 Å². The first kappa shape index (κ1) is 35.9.